The van der Waals surface area contributed by atoms with E-state index in [1.807, 2.05) is 6.07 Å². The summed E-state index contributed by atoms with van der Waals surface area (Å²) < 4.78 is 10.5. The molecule has 22 heavy (non-hydrogen) atoms. The molecule has 0 spiro atoms. The number of hydrogen-bond donors (Lipinski definition) is 0. The molecule has 4 heteroatoms. The van der Waals surface area contributed by atoms with E-state index in [9.17, 15) is 9.59 Å². The van der Waals surface area contributed by atoms with Gasteiger partial charge in [-0.15, -0.1) is 0 Å². The van der Waals surface area contributed by atoms with Crippen molar-refractivity contribution in [3.63, 3.8) is 0 Å². The number of benzene rings is 1. The Kier molecular flexibility index (Phi) is 3.10. The van der Waals surface area contributed by atoms with Crippen molar-refractivity contribution in [1.82, 2.24) is 0 Å². The molecule has 2 aliphatic carbocycles. The molecule has 1 aromatic heterocycles. The molecule has 1 aromatic carbocycles. The van der Waals surface area contributed by atoms with Gasteiger partial charge in [-0.3, -0.25) is 0 Å². The first-order valence-electron chi connectivity index (χ1n) is 7.59. The van der Waals surface area contributed by atoms with Crippen LogP contribution in [0, 0.1) is 17.8 Å². The minimum Gasteiger partial charge on any atom is -0.462 e. The Balaban J connectivity index is 1.51. The fourth-order valence-electron chi connectivity index (χ4n) is 3.55. The molecular weight excluding hydrogens is 280 g/mol. The predicted molar refractivity (Wildman–Crippen MR) is 81.6 cm³/mol. The monoisotopic (exact) mass is 296 g/mol. The number of para-hydroxylation sites is 1. The Morgan fingerprint density at radius 3 is 2.86 bits per heavy atom. The van der Waals surface area contributed by atoms with Gasteiger partial charge in [0.15, 0.2) is 0 Å². The smallest absolute Gasteiger partial charge is 0.351 e. The summed E-state index contributed by atoms with van der Waals surface area (Å²) in [4.78, 5) is 24.1. The second-order valence-electron chi connectivity index (χ2n) is 6.12. The predicted octanol–water partition coefficient (Wildman–Crippen LogP) is 3.16. The van der Waals surface area contributed by atoms with Crippen LogP contribution in [0.3, 0.4) is 0 Å². The Morgan fingerprint density at radius 1 is 1.23 bits per heavy atom. The Hall–Kier alpha value is -2.36. The molecule has 4 nitrogen and oxygen atoms in total. The molecular formula is C18H16O4. The first kappa shape index (κ1) is 13.3. The van der Waals surface area contributed by atoms with E-state index in [-0.39, 0.29) is 5.56 Å². The van der Waals surface area contributed by atoms with Crippen molar-refractivity contribution in [2.45, 2.75) is 12.8 Å². The van der Waals surface area contributed by atoms with Gasteiger partial charge in [0, 0.05) is 5.39 Å². The minimum atomic E-state index is -0.642. The molecule has 0 amide bonds. The summed E-state index contributed by atoms with van der Waals surface area (Å²) in [7, 11) is 0. The summed E-state index contributed by atoms with van der Waals surface area (Å²) in [6.07, 6.45) is 6.71. The third kappa shape index (κ3) is 2.25. The highest BCUT2D eigenvalue weighted by molar-refractivity contribution is 5.92. The second-order valence-corrected chi connectivity index (χ2v) is 6.12. The molecule has 2 aromatic rings. The van der Waals surface area contributed by atoms with Crippen molar-refractivity contribution >= 4 is 16.9 Å². The lowest BCUT2D eigenvalue weighted by Gasteiger charge is -2.17. The molecule has 0 N–H and O–H groups in total. The standard InChI is InChI=1S/C18H16O4/c19-17(21-10-14-8-11-5-6-12(14)7-11)15-9-13-3-1-2-4-16(13)22-18(15)20/h1-6,9,11-12,14H,7-8,10H2/t11-,12-,14+/m1/s1. The van der Waals surface area contributed by atoms with Gasteiger partial charge >= 0.3 is 11.6 Å². The second kappa shape index (κ2) is 5.13. The quantitative estimate of drug-likeness (QED) is 0.496. The van der Waals surface area contributed by atoms with Crippen LogP contribution in [0.4, 0.5) is 0 Å². The van der Waals surface area contributed by atoms with Crippen molar-refractivity contribution in [3.8, 4) is 0 Å². The lowest BCUT2D eigenvalue weighted by Crippen LogP contribution is -2.21. The van der Waals surface area contributed by atoms with E-state index in [1.54, 1.807) is 24.3 Å². The molecule has 0 saturated heterocycles. The maximum absolute atomic E-state index is 12.2. The third-order valence-electron chi connectivity index (χ3n) is 4.71. The summed E-state index contributed by atoms with van der Waals surface area (Å²) in [5, 5.41) is 0.719. The van der Waals surface area contributed by atoms with E-state index in [2.05, 4.69) is 12.2 Å². The molecule has 2 aliphatic rings. The van der Waals surface area contributed by atoms with Crippen LogP contribution in [0.2, 0.25) is 0 Å². The van der Waals surface area contributed by atoms with Crippen molar-refractivity contribution < 1.29 is 13.9 Å². The summed E-state index contributed by atoms with van der Waals surface area (Å²) in [6.45, 7) is 0.372. The number of allylic oxidation sites excluding steroid dienone is 2. The van der Waals surface area contributed by atoms with E-state index in [4.69, 9.17) is 9.15 Å². The van der Waals surface area contributed by atoms with Crippen molar-refractivity contribution in [1.29, 1.82) is 0 Å². The number of carbonyl (C=O) groups excluding carboxylic acids is 1. The third-order valence-corrected chi connectivity index (χ3v) is 4.71. The van der Waals surface area contributed by atoms with E-state index < -0.39 is 11.6 Å². The Morgan fingerprint density at radius 2 is 2.09 bits per heavy atom. The van der Waals surface area contributed by atoms with Crippen LogP contribution in [-0.4, -0.2) is 12.6 Å². The lowest BCUT2D eigenvalue weighted by molar-refractivity contribution is 0.0416. The van der Waals surface area contributed by atoms with Gasteiger partial charge in [0.05, 0.1) is 6.61 Å². The molecule has 1 fully saturated rings. The average Bonchev–Trinajstić information content (AvgIpc) is 3.14. The lowest BCUT2D eigenvalue weighted by atomic mass is 9.95. The summed E-state index contributed by atoms with van der Waals surface area (Å²) in [6, 6.07) is 8.67. The number of hydrogen-bond acceptors (Lipinski definition) is 4. The highest BCUT2D eigenvalue weighted by atomic mass is 16.5. The number of rotatable bonds is 3. The van der Waals surface area contributed by atoms with Gasteiger partial charge in [0.25, 0.3) is 0 Å². The summed E-state index contributed by atoms with van der Waals surface area (Å²) in [5.41, 5.74) is -0.198. The number of fused-ring (bicyclic) bond motifs is 3. The highest BCUT2D eigenvalue weighted by Gasteiger charge is 2.36. The van der Waals surface area contributed by atoms with Gasteiger partial charge in [-0.25, -0.2) is 9.59 Å². The van der Waals surface area contributed by atoms with Crippen LogP contribution in [-0.2, 0) is 4.74 Å². The Labute approximate surface area is 127 Å². The fourth-order valence-corrected chi connectivity index (χ4v) is 3.55. The van der Waals surface area contributed by atoms with Gasteiger partial charge < -0.3 is 9.15 Å². The SMILES string of the molecule is O=C(OC[C@@H]1C[C@@H]2C=C[C@@H]1C2)c1cc2ccccc2oc1=O. The van der Waals surface area contributed by atoms with Gasteiger partial charge in [-0.2, -0.15) is 0 Å². The van der Waals surface area contributed by atoms with Crippen LogP contribution >= 0.6 is 0 Å². The maximum atomic E-state index is 12.2. The first-order valence-corrected chi connectivity index (χ1v) is 7.59. The molecule has 3 atom stereocenters. The van der Waals surface area contributed by atoms with Crippen molar-refractivity contribution in [2.24, 2.45) is 17.8 Å². The van der Waals surface area contributed by atoms with Crippen molar-refractivity contribution in [3.05, 3.63) is 58.5 Å². The number of carbonyl (C=O) groups is 1. The summed E-state index contributed by atoms with van der Waals surface area (Å²) >= 11 is 0. The minimum absolute atomic E-state index is 0.0302. The zero-order valence-corrected chi connectivity index (χ0v) is 12.0. The number of esters is 1. The van der Waals surface area contributed by atoms with Crippen LogP contribution < -0.4 is 5.63 Å². The van der Waals surface area contributed by atoms with Crippen LogP contribution in [0.15, 0.2) is 51.7 Å². The fraction of sp³-hybridized carbons (Fsp3) is 0.333. The first-order chi connectivity index (χ1) is 10.7. The van der Waals surface area contributed by atoms with E-state index in [0.29, 0.717) is 29.9 Å². The van der Waals surface area contributed by atoms with Gasteiger partial charge in [0.1, 0.15) is 11.1 Å². The molecule has 2 bridgehead atoms. The highest BCUT2D eigenvalue weighted by Crippen LogP contribution is 2.43. The molecule has 0 aliphatic heterocycles. The van der Waals surface area contributed by atoms with Crippen LogP contribution in [0.5, 0.6) is 0 Å². The van der Waals surface area contributed by atoms with Crippen LogP contribution in [0.1, 0.15) is 23.2 Å². The van der Waals surface area contributed by atoms with Crippen molar-refractivity contribution in [2.75, 3.05) is 6.61 Å². The van der Waals surface area contributed by atoms with E-state index >= 15 is 0 Å². The maximum Gasteiger partial charge on any atom is 0.351 e. The van der Waals surface area contributed by atoms with Gasteiger partial charge in [-0.05, 0) is 42.7 Å². The zero-order valence-electron chi connectivity index (χ0n) is 12.0. The molecule has 112 valence electrons. The average molecular weight is 296 g/mol. The molecule has 0 unspecified atom stereocenters. The summed E-state index contributed by atoms with van der Waals surface area (Å²) in [5.74, 6) is 0.947. The normalized spacial score (nSPS) is 25.7. The molecule has 1 heterocycles. The van der Waals surface area contributed by atoms with E-state index in [0.717, 1.165) is 11.8 Å². The van der Waals surface area contributed by atoms with Gasteiger partial charge in [0.2, 0.25) is 0 Å². The zero-order chi connectivity index (χ0) is 15.1. The number of ether oxygens (including phenoxy) is 1. The molecule has 0 radical (unpaired) electrons. The molecule has 1 saturated carbocycles. The van der Waals surface area contributed by atoms with E-state index in [1.165, 1.54) is 6.42 Å². The van der Waals surface area contributed by atoms with Gasteiger partial charge in [-0.1, -0.05) is 30.4 Å². The topological polar surface area (TPSA) is 56.5 Å². The Bertz CT molecular complexity index is 817. The molecule has 4 rings (SSSR count). The van der Waals surface area contributed by atoms with Crippen LogP contribution in [0.25, 0.3) is 11.0 Å². The largest absolute Gasteiger partial charge is 0.462 e.